The number of hydrogen-bond donors (Lipinski definition) is 5. The van der Waals surface area contributed by atoms with Crippen molar-refractivity contribution in [3.05, 3.63) is 29.3 Å². The van der Waals surface area contributed by atoms with Gasteiger partial charge in [0.2, 0.25) is 17.8 Å². The lowest BCUT2D eigenvalue weighted by molar-refractivity contribution is 0.556. The van der Waals surface area contributed by atoms with Gasteiger partial charge in [-0.25, -0.2) is 0 Å². The molecule has 0 aliphatic carbocycles. The minimum absolute atomic E-state index is 0. The summed E-state index contributed by atoms with van der Waals surface area (Å²) >= 11 is 0. The van der Waals surface area contributed by atoms with Crippen LogP contribution in [0, 0.1) is 13.8 Å². The predicted octanol–water partition coefficient (Wildman–Crippen LogP) is 6.27. The highest BCUT2D eigenvalue weighted by atomic mass is 35.5. The molecule has 32 heavy (non-hydrogen) atoms. The van der Waals surface area contributed by atoms with Gasteiger partial charge in [-0.3, -0.25) is 0 Å². The molecule has 11 heteroatoms. The maximum absolute atomic E-state index is 4.85. The molecule has 2 aliphatic rings. The fourth-order valence-electron chi connectivity index (χ4n) is 4.06. The number of aryl methyl sites for hydroxylation is 2. The van der Waals surface area contributed by atoms with Gasteiger partial charge in [-0.15, -0.1) is 12.4 Å². The first-order valence-corrected chi connectivity index (χ1v) is 10.3. The third-order valence-corrected chi connectivity index (χ3v) is 5.37. The Bertz CT molecular complexity index is 754. The summed E-state index contributed by atoms with van der Waals surface area (Å²) in [5.74, 6) is 2.28. The second-order valence-electron chi connectivity index (χ2n) is 7.86. The second-order valence-corrected chi connectivity index (χ2v) is 7.86. The number of anilines is 4. The number of nitrogens with zero attached hydrogens (tertiary/aromatic N) is 5. The molecule has 4 rings (SSSR count). The number of rotatable bonds is 4. The van der Waals surface area contributed by atoms with Crippen LogP contribution in [-0.2, 0) is 0 Å². The molecule has 2 saturated heterocycles. The Balaban J connectivity index is -0.000000250. The first-order chi connectivity index (χ1) is 13.2. The minimum Gasteiger partial charge on any atom is -0.344 e. The zero-order valence-electron chi connectivity index (χ0n) is 19.8. The summed E-state index contributed by atoms with van der Waals surface area (Å²) in [5.41, 5.74) is 3.51. The summed E-state index contributed by atoms with van der Waals surface area (Å²) in [5, 5.41) is 3.43. The second kappa shape index (κ2) is 14.8. The fraction of sp³-hybridized carbons (Fsp3) is 0.571. The van der Waals surface area contributed by atoms with Gasteiger partial charge in [-0.2, -0.15) is 15.0 Å². The number of aromatic nitrogens is 3. The SMILES string of the molecule is Cc1cc(C)cc(Nc2nc(N3CCCCC3)nc(N3CCCCC3)n2)c1.Cl.N.N.N.N.[HH].[HH].[HH].[HH]. The number of nitrogens with one attached hydrogen (secondary N) is 1. The predicted molar refractivity (Wildman–Crippen MR) is 147 cm³/mol. The van der Waals surface area contributed by atoms with Gasteiger partial charge in [0.1, 0.15) is 0 Å². The topological polar surface area (TPSA) is 197 Å². The normalized spacial score (nSPS) is 15.1. The third-order valence-electron chi connectivity index (χ3n) is 5.37. The Morgan fingerprint density at radius 1 is 0.656 bits per heavy atom. The maximum atomic E-state index is 4.85. The molecule has 13 N–H and O–H groups in total. The summed E-state index contributed by atoms with van der Waals surface area (Å²) < 4.78 is 0. The summed E-state index contributed by atoms with van der Waals surface area (Å²) in [6.07, 6.45) is 7.45. The first kappa shape index (κ1) is 31.9. The molecule has 0 spiro atoms. The van der Waals surface area contributed by atoms with E-state index in [-0.39, 0.29) is 42.7 Å². The van der Waals surface area contributed by atoms with Crippen molar-refractivity contribution in [2.24, 2.45) is 0 Å². The van der Waals surface area contributed by atoms with Gasteiger partial charge in [0.15, 0.2) is 0 Å². The summed E-state index contributed by atoms with van der Waals surface area (Å²) in [6.45, 7) is 8.37. The van der Waals surface area contributed by atoms with Crippen LogP contribution in [0.5, 0.6) is 0 Å². The molecule has 0 bridgehead atoms. The van der Waals surface area contributed by atoms with Crippen molar-refractivity contribution in [1.82, 2.24) is 39.6 Å². The summed E-state index contributed by atoms with van der Waals surface area (Å²) in [4.78, 5) is 19.0. The smallest absolute Gasteiger partial charge is 0.233 e. The molecule has 0 saturated carbocycles. The third kappa shape index (κ3) is 8.03. The van der Waals surface area contributed by atoms with Crippen LogP contribution in [0.15, 0.2) is 18.2 Å². The molecule has 1 aromatic carbocycles. The molecule has 1 aromatic heterocycles. The van der Waals surface area contributed by atoms with Crippen LogP contribution in [0.1, 0.15) is 55.4 Å². The molecular weight excluding hydrogens is 428 g/mol. The molecule has 0 atom stereocenters. The van der Waals surface area contributed by atoms with Crippen molar-refractivity contribution in [2.45, 2.75) is 52.4 Å². The number of piperidine rings is 2. The van der Waals surface area contributed by atoms with Gasteiger partial charge in [-0.1, -0.05) is 6.07 Å². The Hall–Kier alpha value is -2.24. The molecular formula is C21H51ClN10. The lowest BCUT2D eigenvalue weighted by Gasteiger charge is -2.30. The van der Waals surface area contributed by atoms with E-state index in [9.17, 15) is 0 Å². The lowest BCUT2D eigenvalue weighted by Crippen LogP contribution is -2.34. The van der Waals surface area contributed by atoms with Crippen molar-refractivity contribution in [2.75, 3.05) is 41.3 Å². The van der Waals surface area contributed by atoms with Crippen molar-refractivity contribution in [1.29, 1.82) is 0 Å². The highest BCUT2D eigenvalue weighted by Crippen LogP contribution is 2.24. The van der Waals surface area contributed by atoms with Gasteiger partial charge in [-0.05, 0) is 75.6 Å². The Morgan fingerprint density at radius 2 is 1.06 bits per heavy atom. The standard InChI is InChI=1S/C21H30N6.ClH.4H3N.4H2/c1-16-13-17(2)15-18(14-16)22-19-23-20(26-9-5-3-6-10-26)25-21(24-19)27-11-7-4-8-12-27;;;;;;;;;/h13-15H,3-12H2,1-2H3,(H,22,23,24,25);1H;4*1H3;4*1H. The van der Waals surface area contributed by atoms with E-state index in [1.807, 2.05) is 0 Å². The van der Waals surface area contributed by atoms with Crippen molar-refractivity contribution in [3.63, 3.8) is 0 Å². The zero-order valence-corrected chi connectivity index (χ0v) is 20.6. The summed E-state index contributed by atoms with van der Waals surface area (Å²) in [6, 6.07) is 6.45. The van der Waals surface area contributed by atoms with Gasteiger partial charge >= 0.3 is 0 Å². The molecule has 2 fully saturated rings. The molecule has 0 radical (unpaired) electrons. The van der Waals surface area contributed by atoms with Crippen molar-refractivity contribution < 1.29 is 5.71 Å². The van der Waals surface area contributed by atoms with Crippen LogP contribution in [0.4, 0.5) is 23.5 Å². The van der Waals surface area contributed by atoms with Crippen molar-refractivity contribution in [3.8, 4) is 0 Å². The maximum Gasteiger partial charge on any atom is 0.233 e. The summed E-state index contributed by atoms with van der Waals surface area (Å²) in [7, 11) is 0. The molecule has 2 aliphatic heterocycles. The average Bonchev–Trinajstić information content (AvgIpc) is 2.68. The highest BCUT2D eigenvalue weighted by molar-refractivity contribution is 5.85. The van der Waals surface area contributed by atoms with Gasteiger partial charge < -0.3 is 39.7 Å². The average molecular weight is 479 g/mol. The van der Waals surface area contributed by atoms with Crippen LogP contribution in [0.2, 0.25) is 0 Å². The van der Waals surface area contributed by atoms with E-state index in [2.05, 4.69) is 47.2 Å². The molecule has 3 heterocycles. The van der Waals surface area contributed by atoms with Gasteiger partial charge in [0.05, 0.1) is 0 Å². The molecule has 2 aromatic rings. The monoisotopic (exact) mass is 478 g/mol. The number of halogens is 1. The van der Waals surface area contributed by atoms with E-state index in [4.69, 9.17) is 15.0 Å². The van der Waals surface area contributed by atoms with Gasteiger partial charge in [0, 0.05) is 37.6 Å². The van der Waals surface area contributed by atoms with Crippen LogP contribution >= 0.6 is 12.4 Å². The van der Waals surface area contributed by atoms with Crippen LogP contribution in [0.3, 0.4) is 0 Å². The van der Waals surface area contributed by atoms with E-state index in [1.165, 1.54) is 49.7 Å². The molecule has 0 unspecified atom stereocenters. The van der Waals surface area contributed by atoms with E-state index in [1.54, 1.807) is 0 Å². The quantitative estimate of drug-likeness (QED) is 0.333. The first-order valence-electron chi connectivity index (χ1n) is 10.3. The largest absolute Gasteiger partial charge is 0.344 e. The van der Waals surface area contributed by atoms with Crippen LogP contribution < -0.4 is 39.7 Å². The zero-order chi connectivity index (χ0) is 18.6. The molecule has 0 amide bonds. The number of hydrogen-bond acceptors (Lipinski definition) is 10. The van der Waals surface area contributed by atoms with Crippen LogP contribution in [-0.4, -0.2) is 41.1 Å². The Kier molecular flexibility index (Phi) is 14.7. The number of benzene rings is 1. The van der Waals surface area contributed by atoms with Crippen molar-refractivity contribution >= 4 is 35.9 Å². The fourth-order valence-corrected chi connectivity index (χ4v) is 4.06. The van der Waals surface area contributed by atoms with E-state index in [0.29, 0.717) is 5.95 Å². The molecule has 10 nitrogen and oxygen atoms in total. The molecule has 192 valence electrons. The highest BCUT2D eigenvalue weighted by Gasteiger charge is 2.20. The minimum atomic E-state index is 0. The van der Waals surface area contributed by atoms with Gasteiger partial charge in [0.25, 0.3) is 0 Å². The van der Waals surface area contributed by atoms with Crippen LogP contribution in [0.25, 0.3) is 0 Å². The van der Waals surface area contributed by atoms with E-state index < -0.39 is 0 Å². The lowest BCUT2D eigenvalue weighted by atomic mass is 10.1. The Morgan fingerprint density at radius 3 is 1.47 bits per heavy atom. The van der Waals surface area contributed by atoms with E-state index >= 15 is 0 Å². The van der Waals surface area contributed by atoms with E-state index in [0.717, 1.165) is 43.8 Å². The Labute approximate surface area is 204 Å².